The second-order valence-corrected chi connectivity index (χ2v) is 25.9. The molecule has 2 aliphatic rings. The fourth-order valence-electron chi connectivity index (χ4n) is 11.3. The fraction of sp³-hybridized carbons (Fsp3) is 0.229. The summed E-state index contributed by atoms with van der Waals surface area (Å²) in [5, 5.41) is 0. The Kier molecular flexibility index (Phi) is 13.6. The van der Waals surface area contributed by atoms with Gasteiger partial charge in [0.1, 0.15) is 11.5 Å². The van der Waals surface area contributed by atoms with Gasteiger partial charge in [0.25, 0.3) is 6.71 Å². The highest BCUT2D eigenvalue weighted by Crippen LogP contribution is 2.53. The second-order valence-electron chi connectivity index (χ2n) is 25.9. The molecule has 9 aromatic rings. The molecule has 0 spiro atoms. The van der Waals surface area contributed by atoms with Gasteiger partial charge in [-0.05, 0) is 118 Å². The highest BCUT2D eigenvalue weighted by atomic mass is 19.2. The van der Waals surface area contributed by atoms with Crippen LogP contribution in [-0.4, -0.2) is 6.71 Å². The molecule has 0 aliphatic carbocycles. The van der Waals surface area contributed by atoms with E-state index in [1.165, 1.54) is 4.90 Å². The molecule has 13 heteroatoms. The van der Waals surface area contributed by atoms with E-state index in [-0.39, 0.29) is 38.8 Å². The minimum atomic E-state index is -2.48. The minimum Gasteiger partial charge on any atom is -0.458 e. The van der Waals surface area contributed by atoms with Crippen molar-refractivity contribution in [1.82, 2.24) is 0 Å². The van der Waals surface area contributed by atoms with Crippen molar-refractivity contribution in [1.29, 1.82) is 0 Å². The number of ether oxygens (including phenoxy) is 1. The van der Waals surface area contributed by atoms with Crippen LogP contribution in [0.15, 0.2) is 133 Å². The molecule has 11 rings (SSSR count). The standard InChI is InChI=1S/C70H58BF10NO/c1-67(2,3)41-25-38(26-42(33-41)68(4,5)6)36-21-23-49-47(29-36)71-48-30-37(39-27-43(69(7,8)9)34-44(28-39)70(10,11)12)22-24-51(48)83-52-32-40(35-17-14-13-15-18-35)31-50(55(52)71)82(49)66-45(53-56(72)60(76)64(80)61(77)57(53)73)19-16-20-46(66)54-58(74)62(78)65(81)63(79)59(54)75/h13-34H,1-12H3. The first-order valence-electron chi connectivity index (χ1n) is 27.3. The Morgan fingerprint density at radius 1 is 0.325 bits per heavy atom. The van der Waals surface area contributed by atoms with Gasteiger partial charge < -0.3 is 9.64 Å². The maximum absolute atomic E-state index is 16.7. The van der Waals surface area contributed by atoms with Gasteiger partial charge in [-0.15, -0.1) is 0 Å². The lowest BCUT2D eigenvalue weighted by Crippen LogP contribution is -2.59. The maximum atomic E-state index is 16.7. The predicted octanol–water partition coefficient (Wildman–Crippen LogP) is 19.0. The van der Waals surface area contributed by atoms with Crippen molar-refractivity contribution in [2.45, 2.75) is 105 Å². The van der Waals surface area contributed by atoms with E-state index in [1.807, 2.05) is 24.3 Å². The first-order valence-corrected chi connectivity index (χ1v) is 27.3. The largest absolute Gasteiger partial charge is 0.458 e. The molecule has 83 heavy (non-hydrogen) atoms. The number of para-hydroxylation sites is 1. The van der Waals surface area contributed by atoms with Crippen molar-refractivity contribution in [2.75, 3.05) is 4.90 Å². The summed E-state index contributed by atoms with van der Waals surface area (Å²) in [7, 11) is 0. The molecule has 0 aromatic heterocycles. The zero-order chi connectivity index (χ0) is 59.9. The van der Waals surface area contributed by atoms with Gasteiger partial charge >= 0.3 is 0 Å². The second kappa shape index (κ2) is 19.8. The van der Waals surface area contributed by atoms with Crippen molar-refractivity contribution in [3.63, 3.8) is 0 Å². The van der Waals surface area contributed by atoms with Gasteiger partial charge in [-0.25, -0.2) is 43.9 Å². The lowest BCUT2D eigenvalue weighted by molar-refractivity contribution is 0.381. The van der Waals surface area contributed by atoms with E-state index in [2.05, 4.69) is 119 Å². The van der Waals surface area contributed by atoms with Crippen LogP contribution in [0.5, 0.6) is 11.5 Å². The van der Waals surface area contributed by atoms with Crippen molar-refractivity contribution in [3.8, 4) is 67.1 Å². The van der Waals surface area contributed by atoms with Crippen molar-refractivity contribution < 1.29 is 48.6 Å². The van der Waals surface area contributed by atoms with Crippen molar-refractivity contribution >= 4 is 40.2 Å². The molecule has 0 unspecified atom stereocenters. The summed E-state index contributed by atoms with van der Waals surface area (Å²) in [6.45, 7) is 24.7. The molecule has 0 saturated heterocycles. The van der Waals surface area contributed by atoms with Gasteiger partial charge in [0.2, 0.25) is 11.6 Å². The first kappa shape index (κ1) is 56.8. The van der Waals surface area contributed by atoms with E-state index in [4.69, 9.17) is 4.74 Å². The zero-order valence-corrected chi connectivity index (χ0v) is 47.9. The van der Waals surface area contributed by atoms with Crippen LogP contribution in [-0.2, 0) is 21.7 Å². The van der Waals surface area contributed by atoms with Crippen LogP contribution < -0.4 is 26.0 Å². The van der Waals surface area contributed by atoms with Gasteiger partial charge in [-0.3, -0.25) is 0 Å². The number of nitrogens with zero attached hydrogens (tertiary/aromatic N) is 1. The first-order chi connectivity index (χ1) is 38.8. The molecule has 2 nitrogen and oxygen atoms in total. The topological polar surface area (TPSA) is 12.5 Å². The van der Waals surface area contributed by atoms with Crippen LogP contribution >= 0.6 is 0 Å². The minimum absolute atomic E-state index is 0.124. The molecule has 9 aromatic carbocycles. The molecular weight excluding hydrogens is 1070 g/mol. The normalized spacial score (nSPS) is 13.2. The summed E-state index contributed by atoms with van der Waals surface area (Å²) in [5.41, 5.74) is 3.85. The summed E-state index contributed by atoms with van der Waals surface area (Å²) in [6.07, 6.45) is 0. The highest BCUT2D eigenvalue weighted by Gasteiger charge is 2.45. The van der Waals surface area contributed by atoms with Crippen molar-refractivity contribution in [3.05, 3.63) is 214 Å². The Balaban J connectivity index is 1.31. The van der Waals surface area contributed by atoms with E-state index in [1.54, 1.807) is 54.6 Å². The summed E-state index contributed by atoms with van der Waals surface area (Å²) in [4.78, 5) is 1.34. The average Bonchev–Trinajstić information content (AvgIpc) is 0.977. The van der Waals surface area contributed by atoms with Gasteiger partial charge in [-0.1, -0.05) is 192 Å². The number of halogens is 10. The Bertz CT molecular complexity index is 3970. The van der Waals surface area contributed by atoms with Gasteiger partial charge in [-0.2, -0.15) is 0 Å². The number of hydrogen-bond donors (Lipinski definition) is 0. The lowest BCUT2D eigenvalue weighted by Gasteiger charge is -2.42. The molecule has 0 saturated carbocycles. The Morgan fingerprint density at radius 3 is 1.16 bits per heavy atom. The van der Waals surface area contributed by atoms with Crippen LogP contribution in [0, 0.1) is 58.2 Å². The van der Waals surface area contributed by atoms with Gasteiger partial charge in [0.05, 0.1) is 16.8 Å². The molecule has 0 atom stereocenters. The van der Waals surface area contributed by atoms with E-state index >= 15 is 43.9 Å². The summed E-state index contributed by atoms with van der Waals surface area (Å²) in [6, 6.07) is 39.6. The number of hydrogen-bond acceptors (Lipinski definition) is 2. The number of rotatable bonds is 6. The van der Waals surface area contributed by atoms with Crippen LogP contribution in [0.3, 0.4) is 0 Å². The van der Waals surface area contributed by atoms with Crippen LogP contribution in [0.2, 0.25) is 0 Å². The van der Waals surface area contributed by atoms with E-state index < -0.39 is 92.8 Å². The zero-order valence-electron chi connectivity index (χ0n) is 47.9. The average molecular weight is 1130 g/mol. The molecule has 2 heterocycles. The van der Waals surface area contributed by atoms with Gasteiger partial charge in [0.15, 0.2) is 46.5 Å². The third kappa shape index (κ3) is 9.57. The lowest BCUT2D eigenvalue weighted by atomic mass is 9.34. The van der Waals surface area contributed by atoms with E-state index in [9.17, 15) is 0 Å². The summed E-state index contributed by atoms with van der Waals surface area (Å²) < 4.78 is 167. The summed E-state index contributed by atoms with van der Waals surface area (Å²) in [5.74, 6) is -22.9. The summed E-state index contributed by atoms with van der Waals surface area (Å²) >= 11 is 0. The molecule has 0 radical (unpaired) electrons. The number of fused-ring (bicyclic) bond motifs is 4. The monoisotopic (exact) mass is 1130 g/mol. The SMILES string of the molecule is CC(C)(C)c1cc(-c2ccc3c(c2)B2c4cc(-c5cc(C(C)(C)C)cc(C(C)(C)C)c5)ccc4N(c4c(-c5c(F)c(F)c(F)c(F)c5F)cccc4-c4c(F)c(F)c(F)c(F)c4F)c4cc(-c5ccccc5)cc(c42)O3)cc(C(C)(C)C)c1. The maximum Gasteiger partial charge on any atom is 0.256 e. The predicted molar refractivity (Wildman–Crippen MR) is 314 cm³/mol. The van der Waals surface area contributed by atoms with E-state index in [0.29, 0.717) is 38.8 Å². The molecule has 0 amide bonds. The smallest absolute Gasteiger partial charge is 0.256 e. The Labute approximate surface area is 477 Å². The number of benzene rings is 9. The molecule has 0 N–H and O–H groups in total. The van der Waals surface area contributed by atoms with Gasteiger partial charge in [0, 0.05) is 22.5 Å². The van der Waals surface area contributed by atoms with E-state index in [0.717, 1.165) is 57.1 Å². The fourth-order valence-corrected chi connectivity index (χ4v) is 11.3. The van der Waals surface area contributed by atoms with Crippen molar-refractivity contribution in [2.24, 2.45) is 0 Å². The number of anilines is 3. The molecule has 0 bridgehead atoms. The quantitative estimate of drug-likeness (QED) is 0.0712. The molecular formula is C70H58BF10NO. The molecule has 0 fully saturated rings. The van der Waals surface area contributed by atoms with Crippen LogP contribution in [0.4, 0.5) is 61.0 Å². The molecule has 422 valence electrons. The molecule has 2 aliphatic heterocycles. The third-order valence-corrected chi connectivity index (χ3v) is 16.1. The Morgan fingerprint density at radius 2 is 0.723 bits per heavy atom. The van der Waals surface area contributed by atoms with Crippen LogP contribution in [0.25, 0.3) is 55.6 Å². The highest BCUT2D eigenvalue weighted by molar-refractivity contribution is 6.99. The third-order valence-electron chi connectivity index (χ3n) is 16.1. The van der Waals surface area contributed by atoms with Crippen LogP contribution in [0.1, 0.15) is 105 Å². The Hall–Kier alpha value is -8.06.